The van der Waals surface area contributed by atoms with Gasteiger partial charge in [0.1, 0.15) is 18.5 Å². The van der Waals surface area contributed by atoms with Crippen LogP contribution in [-0.4, -0.2) is 10.1 Å². The van der Waals surface area contributed by atoms with Crippen molar-refractivity contribution in [1.29, 1.82) is 0 Å². The van der Waals surface area contributed by atoms with Crippen LogP contribution in [0.15, 0.2) is 36.5 Å². The van der Waals surface area contributed by atoms with Gasteiger partial charge in [0.2, 0.25) is 0 Å². The van der Waals surface area contributed by atoms with Crippen LogP contribution in [0.3, 0.4) is 0 Å². The molecule has 3 rings (SSSR count). The maximum atomic E-state index is 10.4. The number of hydrogen-bond acceptors (Lipinski definition) is 3. The molecule has 1 atom stereocenters. The molecule has 0 spiro atoms. The van der Waals surface area contributed by atoms with Gasteiger partial charge in [-0.05, 0) is 25.1 Å². The second kappa shape index (κ2) is 3.86. The molecular formula is C14H13NO2. The molecule has 0 amide bonds. The highest BCUT2D eigenvalue weighted by atomic mass is 16.5. The van der Waals surface area contributed by atoms with E-state index >= 15 is 0 Å². The number of aliphatic hydroxyl groups is 1. The Balaban J connectivity index is 2.18. The van der Waals surface area contributed by atoms with Crippen LogP contribution in [0.4, 0.5) is 0 Å². The van der Waals surface area contributed by atoms with E-state index in [0.717, 1.165) is 28.1 Å². The molecule has 1 aromatic carbocycles. The SMILES string of the molecule is Cc1ccc2c(c1)[C@@H](O)c1cccnc1CO2. The van der Waals surface area contributed by atoms with Crippen molar-refractivity contribution in [2.45, 2.75) is 19.6 Å². The number of ether oxygens (including phenoxy) is 1. The molecule has 2 aromatic rings. The molecule has 2 heterocycles. The lowest BCUT2D eigenvalue weighted by Crippen LogP contribution is -2.02. The van der Waals surface area contributed by atoms with E-state index in [0.29, 0.717) is 6.61 Å². The zero-order valence-electron chi connectivity index (χ0n) is 9.55. The molecule has 1 aliphatic heterocycles. The quantitative estimate of drug-likeness (QED) is 0.751. The summed E-state index contributed by atoms with van der Waals surface area (Å²) < 4.78 is 5.68. The first-order valence-electron chi connectivity index (χ1n) is 5.61. The molecule has 0 fully saturated rings. The third kappa shape index (κ3) is 1.68. The van der Waals surface area contributed by atoms with Gasteiger partial charge in [-0.2, -0.15) is 0 Å². The monoisotopic (exact) mass is 227 g/mol. The Labute approximate surface area is 99.7 Å². The predicted molar refractivity (Wildman–Crippen MR) is 63.8 cm³/mol. The summed E-state index contributed by atoms with van der Waals surface area (Å²) in [4.78, 5) is 4.25. The topological polar surface area (TPSA) is 42.4 Å². The van der Waals surface area contributed by atoms with E-state index in [1.54, 1.807) is 6.20 Å². The van der Waals surface area contributed by atoms with Crippen LogP contribution in [0, 0.1) is 6.92 Å². The number of aromatic nitrogens is 1. The summed E-state index contributed by atoms with van der Waals surface area (Å²) in [5.41, 5.74) is 3.56. The maximum absolute atomic E-state index is 10.4. The Morgan fingerprint density at radius 3 is 3.06 bits per heavy atom. The van der Waals surface area contributed by atoms with Gasteiger partial charge < -0.3 is 9.84 Å². The molecule has 3 heteroatoms. The summed E-state index contributed by atoms with van der Waals surface area (Å²) in [6.07, 6.45) is 1.06. The van der Waals surface area contributed by atoms with Crippen LogP contribution in [0.25, 0.3) is 0 Å². The van der Waals surface area contributed by atoms with E-state index in [1.165, 1.54) is 0 Å². The van der Waals surface area contributed by atoms with Crippen LogP contribution in [0.5, 0.6) is 5.75 Å². The number of pyridine rings is 1. The Bertz CT molecular complexity index is 566. The highest BCUT2D eigenvalue weighted by Crippen LogP contribution is 2.35. The summed E-state index contributed by atoms with van der Waals surface area (Å²) >= 11 is 0. The van der Waals surface area contributed by atoms with Gasteiger partial charge in [-0.3, -0.25) is 4.98 Å². The van der Waals surface area contributed by atoms with Crippen molar-refractivity contribution in [2.75, 3.05) is 0 Å². The Morgan fingerprint density at radius 2 is 2.18 bits per heavy atom. The van der Waals surface area contributed by atoms with Gasteiger partial charge in [0.15, 0.2) is 0 Å². The highest BCUT2D eigenvalue weighted by molar-refractivity contribution is 5.45. The average Bonchev–Trinajstić information content (AvgIpc) is 2.49. The van der Waals surface area contributed by atoms with Crippen molar-refractivity contribution in [3.05, 3.63) is 58.9 Å². The average molecular weight is 227 g/mol. The van der Waals surface area contributed by atoms with Gasteiger partial charge in [0.05, 0.1) is 5.69 Å². The van der Waals surface area contributed by atoms with Crippen molar-refractivity contribution < 1.29 is 9.84 Å². The Morgan fingerprint density at radius 1 is 1.29 bits per heavy atom. The predicted octanol–water partition coefficient (Wildman–Crippen LogP) is 2.36. The lowest BCUT2D eigenvalue weighted by Gasteiger charge is -2.12. The van der Waals surface area contributed by atoms with E-state index in [9.17, 15) is 5.11 Å². The summed E-state index contributed by atoms with van der Waals surface area (Å²) in [7, 11) is 0. The molecule has 0 saturated carbocycles. The van der Waals surface area contributed by atoms with Gasteiger partial charge >= 0.3 is 0 Å². The van der Waals surface area contributed by atoms with E-state index in [4.69, 9.17) is 4.74 Å². The van der Waals surface area contributed by atoms with Gasteiger partial charge in [-0.15, -0.1) is 0 Å². The van der Waals surface area contributed by atoms with Gasteiger partial charge in [-0.25, -0.2) is 0 Å². The van der Waals surface area contributed by atoms with Crippen LogP contribution in [0.1, 0.15) is 28.5 Å². The first kappa shape index (κ1) is 10.3. The van der Waals surface area contributed by atoms with Crippen LogP contribution >= 0.6 is 0 Å². The summed E-state index contributed by atoms with van der Waals surface area (Å²) in [5, 5.41) is 10.4. The normalized spacial score (nSPS) is 17.6. The minimum absolute atomic E-state index is 0.406. The largest absolute Gasteiger partial charge is 0.487 e. The highest BCUT2D eigenvalue weighted by Gasteiger charge is 2.23. The van der Waals surface area contributed by atoms with Gasteiger partial charge in [-0.1, -0.05) is 17.7 Å². The molecule has 0 bridgehead atoms. The fourth-order valence-corrected chi connectivity index (χ4v) is 2.15. The number of hydrogen-bond donors (Lipinski definition) is 1. The zero-order valence-corrected chi connectivity index (χ0v) is 9.55. The molecule has 1 N–H and O–H groups in total. The number of fused-ring (bicyclic) bond motifs is 2. The van der Waals surface area contributed by atoms with Crippen molar-refractivity contribution in [3.8, 4) is 5.75 Å². The molecule has 86 valence electrons. The van der Waals surface area contributed by atoms with E-state index < -0.39 is 6.10 Å². The maximum Gasteiger partial charge on any atom is 0.131 e. The number of rotatable bonds is 0. The van der Waals surface area contributed by atoms with Crippen LogP contribution in [-0.2, 0) is 6.61 Å². The molecule has 3 nitrogen and oxygen atoms in total. The van der Waals surface area contributed by atoms with Crippen LogP contribution < -0.4 is 4.74 Å². The number of benzene rings is 1. The van der Waals surface area contributed by atoms with E-state index in [1.807, 2.05) is 37.3 Å². The molecule has 1 aromatic heterocycles. The van der Waals surface area contributed by atoms with E-state index in [-0.39, 0.29) is 0 Å². The first-order valence-corrected chi connectivity index (χ1v) is 5.61. The molecule has 1 aliphatic rings. The zero-order chi connectivity index (χ0) is 11.8. The smallest absolute Gasteiger partial charge is 0.131 e. The second-order valence-electron chi connectivity index (χ2n) is 4.27. The second-order valence-corrected chi connectivity index (χ2v) is 4.27. The number of aliphatic hydroxyl groups excluding tert-OH is 1. The van der Waals surface area contributed by atoms with Crippen molar-refractivity contribution in [3.63, 3.8) is 0 Å². The number of aryl methyl sites for hydroxylation is 1. The molecule has 17 heavy (non-hydrogen) atoms. The molecular weight excluding hydrogens is 214 g/mol. The third-order valence-electron chi connectivity index (χ3n) is 3.04. The summed E-state index contributed by atoms with van der Waals surface area (Å²) in [6.45, 7) is 2.41. The fourth-order valence-electron chi connectivity index (χ4n) is 2.15. The number of nitrogens with zero attached hydrogens (tertiary/aromatic N) is 1. The molecule has 0 saturated heterocycles. The lowest BCUT2D eigenvalue weighted by atomic mass is 9.99. The van der Waals surface area contributed by atoms with Crippen molar-refractivity contribution in [2.24, 2.45) is 0 Å². The minimum Gasteiger partial charge on any atom is -0.487 e. The Kier molecular flexibility index (Phi) is 2.34. The third-order valence-corrected chi connectivity index (χ3v) is 3.04. The molecule has 0 unspecified atom stereocenters. The lowest BCUT2D eigenvalue weighted by molar-refractivity contribution is 0.218. The molecule has 0 aliphatic carbocycles. The summed E-state index contributed by atoms with van der Waals surface area (Å²) in [6, 6.07) is 9.58. The Hall–Kier alpha value is -1.87. The fraction of sp³-hybridized carbons (Fsp3) is 0.214. The minimum atomic E-state index is -0.656. The van der Waals surface area contributed by atoms with Crippen molar-refractivity contribution in [1.82, 2.24) is 4.98 Å². The van der Waals surface area contributed by atoms with Gasteiger partial charge in [0, 0.05) is 17.3 Å². The first-order chi connectivity index (χ1) is 8.25. The van der Waals surface area contributed by atoms with Crippen LogP contribution in [0.2, 0.25) is 0 Å². The van der Waals surface area contributed by atoms with Gasteiger partial charge in [0.25, 0.3) is 0 Å². The standard InChI is InChI=1S/C14H13NO2/c1-9-4-5-13-11(7-9)14(16)10-3-2-6-15-12(10)8-17-13/h2-7,14,16H,8H2,1H3/t14-/m0/s1. The van der Waals surface area contributed by atoms with Crippen molar-refractivity contribution >= 4 is 0 Å². The summed E-state index contributed by atoms with van der Waals surface area (Å²) in [5.74, 6) is 0.737. The van der Waals surface area contributed by atoms with E-state index in [2.05, 4.69) is 4.98 Å². The molecule has 0 radical (unpaired) electrons.